The minimum Gasteiger partial charge on any atom is -0.353 e. The summed E-state index contributed by atoms with van der Waals surface area (Å²) in [4.78, 5) is 35.5. The Hall–Kier alpha value is -2.41. The van der Waals surface area contributed by atoms with Crippen molar-refractivity contribution in [3.63, 3.8) is 0 Å². The molecule has 3 rings (SSSR count). The number of para-hydroxylation sites is 2. The summed E-state index contributed by atoms with van der Waals surface area (Å²) in [5.41, 5.74) is 1.84. The van der Waals surface area contributed by atoms with Crippen LogP contribution in [0.3, 0.4) is 0 Å². The number of fused-ring (bicyclic) bond motifs is 1. The lowest BCUT2D eigenvalue weighted by atomic mass is 10.1. The van der Waals surface area contributed by atoms with Gasteiger partial charge in [-0.05, 0) is 19.2 Å². The van der Waals surface area contributed by atoms with Gasteiger partial charge in [-0.25, -0.2) is 4.98 Å². The molecule has 0 unspecified atom stereocenters. The molecule has 2 heterocycles. The van der Waals surface area contributed by atoms with E-state index < -0.39 is 6.04 Å². The summed E-state index contributed by atoms with van der Waals surface area (Å²) in [5, 5.41) is 2.80. The first-order valence-corrected chi connectivity index (χ1v) is 7.70. The highest BCUT2D eigenvalue weighted by Gasteiger charge is 2.30. The van der Waals surface area contributed by atoms with Crippen LogP contribution < -0.4 is 5.32 Å². The first-order chi connectivity index (χ1) is 11.0. The van der Waals surface area contributed by atoms with Crippen molar-refractivity contribution in [3.05, 3.63) is 30.1 Å². The van der Waals surface area contributed by atoms with Crippen LogP contribution in [0.25, 0.3) is 11.0 Å². The number of hydrogen-bond acceptors (Lipinski definition) is 4. The fourth-order valence-electron chi connectivity index (χ4n) is 2.79. The summed E-state index contributed by atoms with van der Waals surface area (Å²) in [6, 6.07) is 7.36. The summed E-state index contributed by atoms with van der Waals surface area (Å²) in [6.45, 7) is 1.79. The monoisotopic (exact) mass is 315 g/mol. The number of aromatic amines is 1. The van der Waals surface area contributed by atoms with Crippen molar-refractivity contribution >= 4 is 22.8 Å². The van der Waals surface area contributed by atoms with Crippen molar-refractivity contribution in [2.75, 3.05) is 27.2 Å². The molecule has 1 aliphatic rings. The van der Waals surface area contributed by atoms with E-state index in [4.69, 9.17) is 0 Å². The van der Waals surface area contributed by atoms with Crippen molar-refractivity contribution in [1.29, 1.82) is 0 Å². The Labute approximate surface area is 134 Å². The largest absolute Gasteiger partial charge is 0.353 e. The number of benzene rings is 1. The van der Waals surface area contributed by atoms with E-state index in [1.54, 1.807) is 11.9 Å². The zero-order valence-corrected chi connectivity index (χ0v) is 13.4. The predicted octanol–water partition coefficient (Wildman–Crippen LogP) is 0.342. The van der Waals surface area contributed by atoms with Crippen LogP contribution >= 0.6 is 0 Å². The molecule has 0 radical (unpaired) electrons. The molecule has 2 N–H and O–H groups in total. The minimum absolute atomic E-state index is 0.0700. The number of aromatic nitrogens is 2. The third kappa shape index (κ3) is 3.34. The molecule has 122 valence electrons. The van der Waals surface area contributed by atoms with Gasteiger partial charge in [0, 0.05) is 20.1 Å². The van der Waals surface area contributed by atoms with Crippen molar-refractivity contribution < 1.29 is 9.59 Å². The van der Waals surface area contributed by atoms with E-state index in [1.165, 1.54) is 0 Å². The van der Waals surface area contributed by atoms with Gasteiger partial charge in [-0.3, -0.25) is 14.5 Å². The number of rotatable bonds is 4. The van der Waals surface area contributed by atoms with Gasteiger partial charge in [0.25, 0.3) is 0 Å². The molecule has 0 saturated carbocycles. The second-order valence-corrected chi connectivity index (χ2v) is 5.94. The highest BCUT2D eigenvalue weighted by molar-refractivity contribution is 5.88. The fraction of sp³-hybridized carbons (Fsp3) is 0.438. The Morgan fingerprint density at radius 1 is 1.43 bits per heavy atom. The van der Waals surface area contributed by atoms with Crippen LogP contribution in [0, 0.1) is 0 Å². The van der Waals surface area contributed by atoms with Crippen LogP contribution in [0.1, 0.15) is 12.2 Å². The summed E-state index contributed by atoms with van der Waals surface area (Å²) < 4.78 is 0. The summed E-state index contributed by atoms with van der Waals surface area (Å²) in [5.74, 6) is 0.590. The van der Waals surface area contributed by atoms with Crippen molar-refractivity contribution in [1.82, 2.24) is 25.1 Å². The van der Waals surface area contributed by atoms with Gasteiger partial charge in [0.2, 0.25) is 11.8 Å². The lowest BCUT2D eigenvalue weighted by molar-refractivity contribution is -0.137. The minimum atomic E-state index is -0.394. The van der Waals surface area contributed by atoms with Gasteiger partial charge in [0.05, 0.1) is 30.0 Å². The lowest BCUT2D eigenvalue weighted by Crippen LogP contribution is -2.54. The van der Waals surface area contributed by atoms with E-state index in [2.05, 4.69) is 15.3 Å². The van der Waals surface area contributed by atoms with Crippen LogP contribution in [0.4, 0.5) is 0 Å². The summed E-state index contributed by atoms with van der Waals surface area (Å²) >= 11 is 0. The highest BCUT2D eigenvalue weighted by atomic mass is 16.2. The van der Waals surface area contributed by atoms with Crippen LogP contribution in [-0.4, -0.2) is 64.8 Å². The number of nitrogens with zero attached hydrogens (tertiary/aromatic N) is 3. The van der Waals surface area contributed by atoms with Gasteiger partial charge in [0.1, 0.15) is 5.82 Å². The second-order valence-electron chi connectivity index (χ2n) is 5.94. The molecule has 7 heteroatoms. The van der Waals surface area contributed by atoms with Crippen LogP contribution in [0.5, 0.6) is 0 Å². The molecule has 1 aromatic carbocycles. The summed E-state index contributed by atoms with van der Waals surface area (Å²) in [6.07, 6.45) is 0.180. The van der Waals surface area contributed by atoms with Gasteiger partial charge in [-0.2, -0.15) is 0 Å². The van der Waals surface area contributed by atoms with Gasteiger partial charge < -0.3 is 15.2 Å². The van der Waals surface area contributed by atoms with Crippen molar-refractivity contribution in [3.8, 4) is 0 Å². The molecule has 0 bridgehead atoms. The number of amides is 2. The average molecular weight is 315 g/mol. The fourth-order valence-corrected chi connectivity index (χ4v) is 2.79. The molecule has 0 spiro atoms. The molecule has 7 nitrogen and oxygen atoms in total. The van der Waals surface area contributed by atoms with Crippen LogP contribution in [0.2, 0.25) is 0 Å². The van der Waals surface area contributed by atoms with Gasteiger partial charge in [-0.15, -0.1) is 0 Å². The number of carbonyl (C=O) groups excluding carboxylic acids is 2. The van der Waals surface area contributed by atoms with Gasteiger partial charge >= 0.3 is 0 Å². The lowest BCUT2D eigenvalue weighted by Gasteiger charge is -2.32. The zero-order chi connectivity index (χ0) is 16.4. The molecule has 1 atom stereocenters. The number of hydrogen-bond donors (Lipinski definition) is 2. The Bertz CT molecular complexity index is 693. The number of carbonyl (C=O) groups is 2. The standard InChI is InChI=1S/C16H21N5O2/c1-20-8-7-17-16(23)13(20)9-15(22)21(2)10-14-18-11-5-3-4-6-12(11)19-14/h3-6,13H,7-10H2,1-2H3,(H,17,23)(H,18,19)/t13-/m0/s1. The first kappa shape index (κ1) is 15.5. The maximum Gasteiger partial charge on any atom is 0.237 e. The number of imidazole rings is 1. The molecule has 1 fully saturated rings. The topological polar surface area (TPSA) is 81.3 Å². The maximum absolute atomic E-state index is 12.4. The summed E-state index contributed by atoms with van der Waals surface area (Å²) in [7, 11) is 3.60. The molecule has 2 aromatic rings. The van der Waals surface area contributed by atoms with Crippen molar-refractivity contribution in [2.24, 2.45) is 0 Å². The Morgan fingerprint density at radius 2 is 2.22 bits per heavy atom. The van der Waals surface area contributed by atoms with Crippen LogP contribution in [0.15, 0.2) is 24.3 Å². The molecular formula is C16H21N5O2. The van der Waals surface area contributed by atoms with E-state index >= 15 is 0 Å². The van der Waals surface area contributed by atoms with E-state index in [0.717, 1.165) is 23.4 Å². The van der Waals surface area contributed by atoms with E-state index in [9.17, 15) is 9.59 Å². The molecule has 0 aliphatic carbocycles. The van der Waals surface area contributed by atoms with E-state index in [0.29, 0.717) is 13.1 Å². The maximum atomic E-state index is 12.4. The third-order valence-electron chi connectivity index (χ3n) is 4.22. The SMILES string of the molecule is CN(Cc1nc2ccccc2[nH]1)C(=O)C[C@H]1C(=O)NCCN1C. The van der Waals surface area contributed by atoms with Crippen LogP contribution in [-0.2, 0) is 16.1 Å². The Kier molecular flexibility index (Phi) is 4.29. The molecule has 1 aliphatic heterocycles. The number of H-pyrrole nitrogens is 1. The Balaban J connectivity index is 1.64. The number of piperazine rings is 1. The second kappa shape index (κ2) is 6.37. The molecule has 2 amide bonds. The van der Waals surface area contributed by atoms with Gasteiger partial charge in [-0.1, -0.05) is 12.1 Å². The number of nitrogens with one attached hydrogen (secondary N) is 2. The van der Waals surface area contributed by atoms with E-state index in [-0.39, 0.29) is 18.2 Å². The third-order valence-corrected chi connectivity index (χ3v) is 4.22. The molecule has 1 aromatic heterocycles. The molecule has 1 saturated heterocycles. The predicted molar refractivity (Wildman–Crippen MR) is 86.6 cm³/mol. The quantitative estimate of drug-likeness (QED) is 0.852. The normalized spacial score (nSPS) is 18.9. The smallest absolute Gasteiger partial charge is 0.237 e. The van der Waals surface area contributed by atoms with Crippen molar-refractivity contribution in [2.45, 2.75) is 19.0 Å². The Morgan fingerprint density at radius 3 is 2.96 bits per heavy atom. The molecular weight excluding hydrogens is 294 g/mol. The van der Waals surface area contributed by atoms with E-state index in [1.807, 2.05) is 36.2 Å². The first-order valence-electron chi connectivity index (χ1n) is 7.70. The average Bonchev–Trinajstić information content (AvgIpc) is 2.93. The number of likely N-dealkylation sites (N-methyl/N-ethyl adjacent to an activating group) is 1. The zero-order valence-electron chi connectivity index (χ0n) is 13.4. The molecule has 23 heavy (non-hydrogen) atoms. The van der Waals surface area contributed by atoms with Gasteiger partial charge in [0.15, 0.2) is 0 Å². The highest BCUT2D eigenvalue weighted by Crippen LogP contribution is 2.13.